The van der Waals surface area contributed by atoms with Gasteiger partial charge in [-0.05, 0) is 37.4 Å². The van der Waals surface area contributed by atoms with Crippen LogP contribution in [0.25, 0.3) is 0 Å². The van der Waals surface area contributed by atoms with Gasteiger partial charge >= 0.3 is 0 Å². The van der Waals surface area contributed by atoms with Gasteiger partial charge in [0.05, 0.1) is 5.02 Å². The molecule has 0 saturated carbocycles. The van der Waals surface area contributed by atoms with Crippen LogP contribution in [-0.2, 0) is 0 Å². The van der Waals surface area contributed by atoms with Crippen LogP contribution in [0.1, 0.15) is 19.8 Å². The Morgan fingerprint density at radius 1 is 1.60 bits per heavy atom. The molecule has 0 aliphatic heterocycles. The fourth-order valence-electron chi connectivity index (χ4n) is 1.29. The lowest BCUT2D eigenvalue weighted by molar-refractivity contribution is 0.529. The number of halogens is 1. The first-order chi connectivity index (χ1) is 7.24. The number of nitrogens with zero attached hydrogens (tertiary/aromatic N) is 1. The molecule has 3 N–H and O–H groups in total. The van der Waals surface area contributed by atoms with E-state index in [0.717, 1.165) is 31.7 Å². The second-order valence-corrected chi connectivity index (χ2v) is 4.15. The van der Waals surface area contributed by atoms with Gasteiger partial charge in [0.15, 0.2) is 0 Å². The fourth-order valence-corrected chi connectivity index (χ4v) is 1.48. The number of hydrogen-bond acceptors (Lipinski definition) is 3. The quantitative estimate of drug-likeness (QED) is 0.735. The van der Waals surface area contributed by atoms with Crippen LogP contribution >= 0.6 is 11.6 Å². The van der Waals surface area contributed by atoms with E-state index < -0.39 is 0 Å². The molecule has 0 amide bonds. The minimum atomic E-state index is 0.589. The molecular weight excluding hydrogens is 210 g/mol. The van der Waals surface area contributed by atoms with Crippen molar-refractivity contribution >= 4 is 17.4 Å². The summed E-state index contributed by atoms with van der Waals surface area (Å²) in [6.45, 7) is 3.80. The maximum absolute atomic E-state index is 5.95. The smallest absolute Gasteiger partial charge is 0.144 e. The average molecular weight is 228 g/mol. The Labute approximate surface area is 96.0 Å². The first-order valence-electron chi connectivity index (χ1n) is 5.28. The zero-order chi connectivity index (χ0) is 11.1. The summed E-state index contributed by atoms with van der Waals surface area (Å²) in [6.07, 6.45) is 3.95. The van der Waals surface area contributed by atoms with Gasteiger partial charge in [0.1, 0.15) is 5.82 Å². The van der Waals surface area contributed by atoms with Gasteiger partial charge in [0.25, 0.3) is 0 Å². The molecule has 3 nitrogen and oxygen atoms in total. The second-order valence-electron chi connectivity index (χ2n) is 3.74. The van der Waals surface area contributed by atoms with Gasteiger partial charge in [-0.3, -0.25) is 0 Å². The maximum Gasteiger partial charge on any atom is 0.144 e. The van der Waals surface area contributed by atoms with E-state index in [4.69, 9.17) is 17.3 Å². The number of rotatable bonds is 6. The Morgan fingerprint density at radius 3 is 3.07 bits per heavy atom. The van der Waals surface area contributed by atoms with E-state index in [1.54, 1.807) is 6.20 Å². The van der Waals surface area contributed by atoms with Crippen LogP contribution in [0, 0.1) is 5.92 Å². The Morgan fingerprint density at radius 2 is 2.40 bits per heavy atom. The van der Waals surface area contributed by atoms with Gasteiger partial charge in [0.2, 0.25) is 0 Å². The molecule has 0 bridgehead atoms. The molecule has 0 radical (unpaired) electrons. The molecule has 1 atom stereocenters. The molecule has 1 aromatic rings. The Kier molecular flexibility index (Phi) is 5.43. The minimum absolute atomic E-state index is 0.589. The monoisotopic (exact) mass is 227 g/mol. The Bertz CT molecular complexity index is 291. The van der Waals surface area contributed by atoms with Gasteiger partial charge in [-0.25, -0.2) is 4.98 Å². The molecule has 0 aliphatic carbocycles. The van der Waals surface area contributed by atoms with Crippen molar-refractivity contribution in [1.82, 2.24) is 4.98 Å². The summed E-state index contributed by atoms with van der Waals surface area (Å²) in [5, 5.41) is 3.88. The van der Waals surface area contributed by atoms with E-state index in [9.17, 15) is 0 Å². The van der Waals surface area contributed by atoms with Crippen molar-refractivity contribution < 1.29 is 0 Å². The molecule has 1 aromatic heterocycles. The normalized spacial score (nSPS) is 12.5. The summed E-state index contributed by atoms with van der Waals surface area (Å²) in [6, 6.07) is 3.66. The van der Waals surface area contributed by atoms with Crippen LogP contribution in [0.3, 0.4) is 0 Å². The highest BCUT2D eigenvalue weighted by atomic mass is 35.5. The third kappa shape index (κ3) is 4.49. The highest BCUT2D eigenvalue weighted by Crippen LogP contribution is 2.17. The predicted molar refractivity (Wildman–Crippen MR) is 65.2 cm³/mol. The average Bonchev–Trinajstić information content (AvgIpc) is 2.26. The summed E-state index contributed by atoms with van der Waals surface area (Å²) in [7, 11) is 0. The number of pyridine rings is 1. The number of nitrogens with one attached hydrogen (secondary N) is 1. The van der Waals surface area contributed by atoms with Crippen molar-refractivity contribution in [3.05, 3.63) is 23.4 Å². The number of hydrogen-bond donors (Lipinski definition) is 2. The van der Waals surface area contributed by atoms with Gasteiger partial charge in [-0.1, -0.05) is 18.5 Å². The van der Waals surface area contributed by atoms with E-state index in [1.807, 2.05) is 12.1 Å². The van der Waals surface area contributed by atoms with Crippen LogP contribution in [0.2, 0.25) is 5.02 Å². The first-order valence-corrected chi connectivity index (χ1v) is 5.66. The lowest BCUT2D eigenvalue weighted by Crippen LogP contribution is -2.12. The lowest BCUT2D eigenvalue weighted by Gasteiger charge is -2.09. The molecule has 15 heavy (non-hydrogen) atoms. The molecule has 0 aliphatic rings. The molecule has 4 heteroatoms. The lowest BCUT2D eigenvalue weighted by atomic mass is 10.1. The highest BCUT2D eigenvalue weighted by molar-refractivity contribution is 6.32. The summed E-state index contributed by atoms with van der Waals surface area (Å²) >= 11 is 5.95. The minimum Gasteiger partial charge on any atom is -0.369 e. The molecular formula is C11H18ClN3. The zero-order valence-corrected chi connectivity index (χ0v) is 9.80. The maximum atomic E-state index is 5.95. The van der Waals surface area contributed by atoms with Crippen LogP contribution < -0.4 is 11.1 Å². The number of anilines is 1. The Hall–Kier alpha value is -0.800. The van der Waals surface area contributed by atoms with E-state index >= 15 is 0 Å². The second kappa shape index (κ2) is 6.64. The fraction of sp³-hybridized carbons (Fsp3) is 0.545. The van der Waals surface area contributed by atoms with Gasteiger partial charge < -0.3 is 11.1 Å². The van der Waals surface area contributed by atoms with E-state index in [0.29, 0.717) is 10.9 Å². The first kappa shape index (κ1) is 12.3. The van der Waals surface area contributed by atoms with Crippen molar-refractivity contribution in [3.63, 3.8) is 0 Å². The Balaban J connectivity index is 2.23. The molecule has 1 heterocycles. The van der Waals surface area contributed by atoms with Crippen LogP contribution in [0.4, 0.5) is 5.82 Å². The largest absolute Gasteiger partial charge is 0.369 e. The van der Waals surface area contributed by atoms with E-state index in [2.05, 4.69) is 17.2 Å². The third-order valence-corrected chi connectivity index (χ3v) is 2.63. The number of nitrogens with two attached hydrogens (primary N) is 1. The van der Waals surface area contributed by atoms with E-state index in [1.165, 1.54) is 0 Å². The summed E-state index contributed by atoms with van der Waals surface area (Å²) in [5.41, 5.74) is 5.54. The molecule has 0 spiro atoms. The summed E-state index contributed by atoms with van der Waals surface area (Å²) < 4.78 is 0. The summed E-state index contributed by atoms with van der Waals surface area (Å²) in [4.78, 5) is 4.15. The predicted octanol–water partition coefficient (Wildman–Crippen LogP) is 2.52. The molecule has 1 rings (SSSR count). The van der Waals surface area contributed by atoms with Crippen molar-refractivity contribution in [2.45, 2.75) is 19.8 Å². The van der Waals surface area contributed by atoms with Crippen molar-refractivity contribution in [3.8, 4) is 0 Å². The number of aromatic nitrogens is 1. The molecule has 0 saturated heterocycles. The van der Waals surface area contributed by atoms with Crippen LogP contribution in [-0.4, -0.2) is 18.1 Å². The van der Waals surface area contributed by atoms with Crippen molar-refractivity contribution in [2.75, 3.05) is 18.4 Å². The van der Waals surface area contributed by atoms with Gasteiger partial charge in [-0.2, -0.15) is 0 Å². The van der Waals surface area contributed by atoms with E-state index in [-0.39, 0.29) is 0 Å². The van der Waals surface area contributed by atoms with Crippen molar-refractivity contribution in [2.24, 2.45) is 11.7 Å². The van der Waals surface area contributed by atoms with Gasteiger partial charge in [0, 0.05) is 12.7 Å². The molecule has 1 unspecified atom stereocenters. The molecule has 0 aromatic carbocycles. The van der Waals surface area contributed by atoms with Crippen LogP contribution in [0.15, 0.2) is 18.3 Å². The molecule has 84 valence electrons. The zero-order valence-electron chi connectivity index (χ0n) is 9.04. The molecule has 0 fully saturated rings. The standard InChI is InChI=1S/C11H18ClN3/c1-9(8-13)4-2-6-14-11-10(12)5-3-7-15-11/h3,5,7,9H,2,4,6,8,13H2,1H3,(H,14,15). The highest BCUT2D eigenvalue weighted by Gasteiger charge is 2.00. The third-order valence-electron chi connectivity index (χ3n) is 2.33. The topological polar surface area (TPSA) is 50.9 Å². The van der Waals surface area contributed by atoms with Crippen molar-refractivity contribution in [1.29, 1.82) is 0 Å². The van der Waals surface area contributed by atoms with Gasteiger partial charge in [-0.15, -0.1) is 0 Å². The summed E-state index contributed by atoms with van der Waals surface area (Å²) in [5.74, 6) is 1.35. The SMILES string of the molecule is CC(CN)CCCNc1ncccc1Cl. The van der Waals surface area contributed by atoms with Crippen LogP contribution in [0.5, 0.6) is 0 Å².